The van der Waals surface area contributed by atoms with Gasteiger partial charge in [0.25, 0.3) is 0 Å². The molecule has 1 fully saturated rings. The zero-order chi connectivity index (χ0) is 17.0. The molecule has 0 radical (unpaired) electrons. The Labute approximate surface area is 137 Å². The highest BCUT2D eigenvalue weighted by atomic mass is 32.2. The highest BCUT2D eigenvalue weighted by molar-refractivity contribution is 7.91. The predicted molar refractivity (Wildman–Crippen MR) is 91.5 cm³/mol. The van der Waals surface area contributed by atoms with Gasteiger partial charge in [-0.15, -0.1) is 0 Å². The number of piperidine rings is 1. The van der Waals surface area contributed by atoms with Crippen LogP contribution < -0.4 is 0 Å². The first kappa shape index (κ1) is 19.3. The summed E-state index contributed by atoms with van der Waals surface area (Å²) in [5.74, 6) is 0.287. The Balaban J connectivity index is 2.44. The SMILES string of the molecule is CCC(C)(C)OC(=O)N1CCC(C=N[S+]([O-])C(C)(C)C)CC1. The molecule has 0 spiro atoms. The second-order valence-corrected chi connectivity index (χ2v) is 9.36. The van der Waals surface area contributed by atoms with Crippen LogP contribution in [0.5, 0.6) is 0 Å². The molecule has 1 atom stereocenters. The Morgan fingerprint density at radius 3 is 2.32 bits per heavy atom. The number of rotatable bonds is 4. The molecule has 6 heteroatoms. The fourth-order valence-corrected chi connectivity index (χ4v) is 2.50. The monoisotopic (exact) mass is 330 g/mol. The van der Waals surface area contributed by atoms with Crippen LogP contribution in [0.25, 0.3) is 0 Å². The van der Waals surface area contributed by atoms with E-state index in [1.807, 2.05) is 41.5 Å². The van der Waals surface area contributed by atoms with E-state index in [1.54, 1.807) is 11.1 Å². The fourth-order valence-electron chi connectivity index (χ4n) is 1.90. The number of carbonyl (C=O) groups excluding carboxylic acids is 1. The largest absolute Gasteiger partial charge is 0.591 e. The van der Waals surface area contributed by atoms with Gasteiger partial charge in [0, 0.05) is 19.0 Å². The normalized spacial score (nSPS) is 19.5. The third-order valence-electron chi connectivity index (χ3n) is 3.90. The van der Waals surface area contributed by atoms with Gasteiger partial charge >= 0.3 is 6.09 Å². The number of likely N-dealkylation sites (tertiary alicyclic amines) is 1. The lowest BCUT2D eigenvalue weighted by Crippen LogP contribution is -2.42. The van der Waals surface area contributed by atoms with Gasteiger partial charge in [-0.05, 0) is 53.9 Å². The molecule has 1 aliphatic heterocycles. The van der Waals surface area contributed by atoms with E-state index in [1.165, 1.54) is 0 Å². The van der Waals surface area contributed by atoms with Crippen LogP contribution >= 0.6 is 0 Å². The maximum absolute atomic E-state index is 12.1. The molecule has 0 aromatic heterocycles. The molecule has 0 saturated carbocycles. The van der Waals surface area contributed by atoms with Crippen molar-refractivity contribution in [2.24, 2.45) is 10.3 Å². The van der Waals surface area contributed by atoms with Crippen molar-refractivity contribution >= 4 is 23.7 Å². The molecule has 0 aromatic rings. The van der Waals surface area contributed by atoms with Crippen LogP contribution in [0.4, 0.5) is 4.79 Å². The number of amides is 1. The fraction of sp³-hybridized carbons (Fsp3) is 0.875. The molecule has 5 nitrogen and oxygen atoms in total. The minimum Gasteiger partial charge on any atom is -0.591 e. The number of hydrogen-bond donors (Lipinski definition) is 0. The Bertz CT molecular complexity index is 397. The highest BCUT2D eigenvalue weighted by Crippen LogP contribution is 2.22. The zero-order valence-corrected chi connectivity index (χ0v) is 15.5. The summed E-state index contributed by atoms with van der Waals surface area (Å²) < 4.78 is 21.3. The van der Waals surface area contributed by atoms with E-state index in [4.69, 9.17) is 4.74 Å². The number of nitrogens with zero attached hydrogens (tertiary/aromatic N) is 2. The second kappa shape index (κ2) is 7.68. The summed E-state index contributed by atoms with van der Waals surface area (Å²) in [6, 6.07) is 0. The van der Waals surface area contributed by atoms with Crippen molar-refractivity contribution in [3.05, 3.63) is 0 Å². The molecular formula is C16H30N2O3S. The average molecular weight is 330 g/mol. The Hall–Kier alpha value is -0.750. The summed E-state index contributed by atoms with van der Waals surface area (Å²) >= 11 is -1.21. The molecule has 0 aliphatic carbocycles. The van der Waals surface area contributed by atoms with Crippen molar-refractivity contribution in [1.82, 2.24) is 4.90 Å². The van der Waals surface area contributed by atoms with Crippen LogP contribution in [0.1, 0.15) is 60.8 Å². The maximum Gasteiger partial charge on any atom is 0.410 e. The van der Waals surface area contributed by atoms with Crippen molar-refractivity contribution in [1.29, 1.82) is 0 Å². The lowest BCUT2D eigenvalue weighted by molar-refractivity contribution is 0.00734. The lowest BCUT2D eigenvalue weighted by atomic mass is 9.99. The van der Waals surface area contributed by atoms with Gasteiger partial charge in [0.05, 0.1) is 6.21 Å². The standard InChI is InChI=1S/C16H30N2O3S/c1-7-16(5,6)21-14(19)18-10-8-13(9-11-18)12-17-22(20)15(2,3)4/h12-13H,7-11H2,1-6H3. The smallest absolute Gasteiger partial charge is 0.410 e. The second-order valence-electron chi connectivity index (χ2n) is 7.42. The van der Waals surface area contributed by atoms with Crippen LogP contribution in [-0.4, -0.2) is 45.2 Å². The molecule has 22 heavy (non-hydrogen) atoms. The number of hydrogen-bond acceptors (Lipinski definition) is 4. The van der Waals surface area contributed by atoms with E-state index in [-0.39, 0.29) is 16.8 Å². The first-order chi connectivity index (χ1) is 10.0. The molecule has 1 aliphatic rings. The van der Waals surface area contributed by atoms with Crippen molar-refractivity contribution < 1.29 is 14.1 Å². The molecule has 1 rings (SSSR count). The van der Waals surface area contributed by atoms with E-state index in [9.17, 15) is 9.35 Å². The first-order valence-electron chi connectivity index (χ1n) is 7.99. The van der Waals surface area contributed by atoms with Gasteiger partial charge in [-0.2, -0.15) is 0 Å². The lowest BCUT2D eigenvalue weighted by Gasteiger charge is -2.33. The molecule has 1 saturated heterocycles. The minimum atomic E-state index is -1.21. The quantitative estimate of drug-likeness (QED) is 0.585. The molecule has 1 amide bonds. The molecule has 0 aromatic carbocycles. The predicted octanol–water partition coefficient (Wildman–Crippen LogP) is 3.56. The van der Waals surface area contributed by atoms with Gasteiger partial charge < -0.3 is 14.2 Å². The van der Waals surface area contributed by atoms with Crippen molar-refractivity contribution in [3.63, 3.8) is 0 Å². The van der Waals surface area contributed by atoms with E-state index >= 15 is 0 Å². The Kier molecular flexibility index (Phi) is 6.74. The minimum absolute atomic E-state index is 0.236. The topological polar surface area (TPSA) is 65.0 Å². The van der Waals surface area contributed by atoms with Gasteiger partial charge in [0.1, 0.15) is 21.7 Å². The summed E-state index contributed by atoms with van der Waals surface area (Å²) in [6.07, 6.45) is 4.04. The van der Waals surface area contributed by atoms with Crippen molar-refractivity contribution in [2.45, 2.75) is 71.2 Å². The highest BCUT2D eigenvalue weighted by Gasteiger charge is 2.29. The Morgan fingerprint density at radius 1 is 1.32 bits per heavy atom. The van der Waals surface area contributed by atoms with Crippen LogP contribution in [0.3, 0.4) is 0 Å². The molecular weight excluding hydrogens is 300 g/mol. The van der Waals surface area contributed by atoms with E-state index < -0.39 is 17.0 Å². The molecule has 0 bridgehead atoms. The zero-order valence-electron chi connectivity index (χ0n) is 14.7. The van der Waals surface area contributed by atoms with Crippen molar-refractivity contribution in [2.75, 3.05) is 13.1 Å². The third-order valence-corrected chi connectivity index (χ3v) is 5.27. The van der Waals surface area contributed by atoms with E-state index in [2.05, 4.69) is 4.40 Å². The summed E-state index contributed by atoms with van der Waals surface area (Å²) in [5.41, 5.74) is -0.418. The van der Waals surface area contributed by atoms with Crippen LogP contribution in [0, 0.1) is 5.92 Å². The van der Waals surface area contributed by atoms with Crippen LogP contribution in [0.2, 0.25) is 0 Å². The van der Waals surface area contributed by atoms with Crippen LogP contribution in [-0.2, 0) is 16.1 Å². The molecule has 128 valence electrons. The van der Waals surface area contributed by atoms with Crippen molar-refractivity contribution in [3.8, 4) is 0 Å². The van der Waals surface area contributed by atoms with E-state index in [0.29, 0.717) is 13.1 Å². The molecule has 1 unspecified atom stereocenters. The van der Waals surface area contributed by atoms with Gasteiger partial charge in [-0.3, -0.25) is 0 Å². The molecule has 0 N–H and O–H groups in total. The average Bonchev–Trinajstić information content (AvgIpc) is 2.43. The summed E-state index contributed by atoms with van der Waals surface area (Å²) in [4.78, 5) is 13.9. The summed E-state index contributed by atoms with van der Waals surface area (Å²) in [5, 5.41) is 0. The van der Waals surface area contributed by atoms with E-state index in [0.717, 1.165) is 19.3 Å². The summed E-state index contributed by atoms with van der Waals surface area (Å²) in [7, 11) is 0. The molecule has 1 heterocycles. The van der Waals surface area contributed by atoms with Gasteiger partial charge in [-0.1, -0.05) is 11.3 Å². The van der Waals surface area contributed by atoms with Gasteiger partial charge in [-0.25, -0.2) is 4.79 Å². The van der Waals surface area contributed by atoms with Gasteiger partial charge in [0.15, 0.2) is 0 Å². The third kappa shape index (κ3) is 6.16. The number of carbonyl (C=O) groups is 1. The summed E-state index contributed by atoms with van der Waals surface area (Å²) in [6.45, 7) is 12.9. The van der Waals surface area contributed by atoms with Crippen LogP contribution in [0.15, 0.2) is 4.40 Å². The number of ether oxygens (including phenoxy) is 1. The van der Waals surface area contributed by atoms with Gasteiger partial charge in [0.2, 0.25) is 0 Å². The Morgan fingerprint density at radius 2 is 1.86 bits per heavy atom. The maximum atomic E-state index is 12.1. The first-order valence-corrected chi connectivity index (χ1v) is 9.10.